The van der Waals surface area contributed by atoms with E-state index in [-0.39, 0.29) is 0 Å². The zero-order chi connectivity index (χ0) is 13.6. The molecule has 2 rings (SSSR count). The second-order valence-corrected chi connectivity index (χ2v) is 8.92. The van der Waals surface area contributed by atoms with Crippen LogP contribution in [0, 0.1) is 0 Å². The summed E-state index contributed by atoms with van der Waals surface area (Å²) in [7, 11) is -1.59. The van der Waals surface area contributed by atoms with E-state index in [1.165, 1.54) is 24.6 Å². The molecule has 0 radical (unpaired) electrons. The Kier molecular flexibility index (Phi) is 5.31. The molecule has 0 spiro atoms. The maximum Gasteiger partial charge on any atom is 0.268 e. The van der Waals surface area contributed by atoms with Crippen LogP contribution >= 0.6 is 0 Å². The van der Waals surface area contributed by atoms with E-state index in [2.05, 4.69) is 35.2 Å². The van der Waals surface area contributed by atoms with Crippen molar-refractivity contribution >= 4 is 14.7 Å². The van der Waals surface area contributed by atoms with Crippen molar-refractivity contribution in [3.8, 4) is 0 Å². The van der Waals surface area contributed by atoms with E-state index >= 15 is 0 Å². The van der Waals surface area contributed by atoms with Crippen molar-refractivity contribution < 1.29 is 4.43 Å². The standard InChI is InChI=1S/C15H24N2OSi/c1-3-18-19(2)13-7-11-17(19)12-10-16-14-15-8-5-4-6-9-15/h4-6,8-9,14H,3,7,10-13H2,1-2H3. The van der Waals surface area contributed by atoms with Crippen LogP contribution in [0.2, 0.25) is 12.6 Å². The highest BCUT2D eigenvalue weighted by atomic mass is 28.4. The van der Waals surface area contributed by atoms with E-state index in [1.807, 2.05) is 24.4 Å². The smallest absolute Gasteiger partial charge is 0.268 e. The van der Waals surface area contributed by atoms with Crippen molar-refractivity contribution in [2.75, 3.05) is 26.2 Å². The largest absolute Gasteiger partial charge is 0.403 e. The summed E-state index contributed by atoms with van der Waals surface area (Å²) in [4.78, 5) is 4.53. The van der Waals surface area contributed by atoms with Crippen molar-refractivity contribution in [2.24, 2.45) is 4.99 Å². The Morgan fingerprint density at radius 3 is 2.89 bits per heavy atom. The lowest BCUT2D eigenvalue weighted by molar-refractivity contribution is 0.272. The van der Waals surface area contributed by atoms with Crippen molar-refractivity contribution in [3.05, 3.63) is 35.9 Å². The number of hydrogen-bond acceptors (Lipinski definition) is 3. The molecular formula is C15H24N2OSi. The van der Waals surface area contributed by atoms with E-state index in [0.717, 1.165) is 19.7 Å². The molecule has 1 aliphatic rings. The maximum absolute atomic E-state index is 6.03. The first-order valence-electron chi connectivity index (χ1n) is 7.18. The average molecular weight is 276 g/mol. The summed E-state index contributed by atoms with van der Waals surface area (Å²) in [5.74, 6) is 0. The number of nitrogens with zero attached hydrogens (tertiary/aromatic N) is 2. The Labute approximate surface area is 117 Å². The van der Waals surface area contributed by atoms with Gasteiger partial charge in [0.15, 0.2) is 0 Å². The number of hydrogen-bond donors (Lipinski definition) is 0. The van der Waals surface area contributed by atoms with Crippen molar-refractivity contribution in [1.82, 2.24) is 4.57 Å². The molecule has 1 aliphatic heterocycles. The minimum atomic E-state index is -1.59. The molecule has 0 saturated carbocycles. The predicted octanol–water partition coefficient (Wildman–Crippen LogP) is 2.92. The van der Waals surface area contributed by atoms with Gasteiger partial charge in [0.2, 0.25) is 0 Å². The molecule has 19 heavy (non-hydrogen) atoms. The third-order valence-electron chi connectivity index (χ3n) is 3.73. The van der Waals surface area contributed by atoms with Crippen LogP contribution in [0.1, 0.15) is 18.9 Å². The van der Waals surface area contributed by atoms with Crippen LogP contribution in [0.15, 0.2) is 35.3 Å². The molecule has 0 amide bonds. The van der Waals surface area contributed by atoms with Gasteiger partial charge in [0.1, 0.15) is 0 Å². The summed E-state index contributed by atoms with van der Waals surface area (Å²) in [6.07, 6.45) is 3.25. The Hall–Kier alpha value is -0.973. The molecule has 0 N–H and O–H groups in total. The quantitative estimate of drug-likeness (QED) is 0.589. The lowest BCUT2D eigenvalue weighted by Gasteiger charge is -2.31. The first-order chi connectivity index (χ1) is 9.24. The molecule has 0 aliphatic carbocycles. The monoisotopic (exact) mass is 276 g/mol. The lowest BCUT2D eigenvalue weighted by atomic mass is 10.2. The zero-order valence-corrected chi connectivity index (χ0v) is 13.0. The zero-order valence-electron chi connectivity index (χ0n) is 12.0. The summed E-state index contributed by atoms with van der Waals surface area (Å²) in [6, 6.07) is 11.5. The van der Waals surface area contributed by atoms with Gasteiger partial charge in [-0.15, -0.1) is 0 Å². The van der Waals surface area contributed by atoms with Crippen LogP contribution in [0.5, 0.6) is 0 Å². The number of rotatable bonds is 6. The molecule has 104 valence electrons. The Morgan fingerprint density at radius 1 is 1.37 bits per heavy atom. The molecule has 0 bridgehead atoms. The fourth-order valence-corrected chi connectivity index (χ4v) is 5.99. The minimum Gasteiger partial charge on any atom is -0.403 e. The molecule has 4 heteroatoms. The van der Waals surface area contributed by atoms with Gasteiger partial charge in [-0.25, -0.2) is 0 Å². The topological polar surface area (TPSA) is 24.8 Å². The molecule has 1 unspecified atom stereocenters. The van der Waals surface area contributed by atoms with Crippen molar-refractivity contribution in [1.29, 1.82) is 0 Å². The first-order valence-corrected chi connectivity index (χ1v) is 9.75. The van der Waals surface area contributed by atoms with Gasteiger partial charge < -0.3 is 8.99 Å². The molecule has 1 fully saturated rings. The molecule has 0 aromatic heterocycles. The summed E-state index contributed by atoms with van der Waals surface area (Å²) >= 11 is 0. The second kappa shape index (κ2) is 6.98. The third-order valence-corrected chi connectivity index (χ3v) is 7.71. The van der Waals surface area contributed by atoms with Gasteiger partial charge in [0.25, 0.3) is 8.48 Å². The summed E-state index contributed by atoms with van der Waals surface area (Å²) in [6.45, 7) is 8.36. The Bertz CT molecular complexity index is 410. The van der Waals surface area contributed by atoms with Gasteiger partial charge in [-0.1, -0.05) is 30.3 Å². The Balaban J connectivity index is 1.81. The Morgan fingerprint density at radius 2 is 2.16 bits per heavy atom. The van der Waals surface area contributed by atoms with Gasteiger partial charge in [-0.3, -0.25) is 4.99 Å². The molecule has 1 aromatic rings. The van der Waals surface area contributed by atoms with Gasteiger partial charge in [0.05, 0.1) is 6.54 Å². The van der Waals surface area contributed by atoms with Crippen molar-refractivity contribution in [3.63, 3.8) is 0 Å². The van der Waals surface area contributed by atoms with E-state index in [4.69, 9.17) is 4.43 Å². The van der Waals surface area contributed by atoms with Gasteiger partial charge in [-0.2, -0.15) is 0 Å². The normalized spacial score (nSPS) is 24.3. The minimum absolute atomic E-state index is 0.840. The summed E-state index contributed by atoms with van der Waals surface area (Å²) in [5, 5.41) is 0. The number of aliphatic imine (C=N–C) groups is 1. The van der Waals surface area contributed by atoms with E-state index in [9.17, 15) is 0 Å². The SMILES string of the molecule is CCO[Si]1(C)CCCN1CCN=Cc1ccccc1. The molecular weight excluding hydrogens is 252 g/mol. The van der Waals surface area contributed by atoms with Crippen LogP contribution in [-0.2, 0) is 4.43 Å². The second-order valence-electron chi connectivity index (χ2n) is 5.14. The molecule has 1 heterocycles. The highest BCUT2D eigenvalue weighted by molar-refractivity contribution is 6.70. The van der Waals surface area contributed by atoms with Gasteiger partial charge >= 0.3 is 0 Å². The van der Waals surface area contributed by atoms with E-state index < -0.39 is 8.48 Å². The van der Waals surface area contributed by atoms with Crippen LogP contribution in [0.25, 0.3) is 0 Å². The van der Waals surface area contributed by atoms with Gasteiger partial charge in [0, 0.05) is 19.4 Å². The number of benzene rings is 1. The first kappa shape index (κ1) is 14.4. The third kappa shape index (κ3) is 3.99. The van der Waals surface area contributed by atoms with Crippen LogP contribution < -0.4 is 0 Å². The van der Waals surface area contributed by atoms with E-state index in [0.29, 0.717) is 0 Å². The van der Waals surface area contributed by atoms with Crippen LogP contribution in [0.3, 0.4) is 0 Å². The maximum atomic E-state index is 6.03. The molecule has 1 saturated heterocycles. The van der Waals surface area contributed by atoms with Crippen molar-refractivity contribution in [2.45, 2.75) is 25.9 Å². The van der Waals surface area contributed by atoms with Crippen LogP contribution in [0.4, 0.5) is 0 Å². The van der Waals surface area contributed by atoms with E-state index in [1.54, 1.807) is 0 Å². The fraction of sp³-hybridized carbons (Fsp3) is 0.533. The molecule has 3 nitrogen and oxygen atoms in total. The molecule has 1 atom stereocenters. The average Bonchev–Trinajstić information content (AvgIpc) is 2.78. The van der Waals surface area contributed by atoms with Gasteiger partial charge in [-0.05, 0) is 38.0 Å². The lowest BCUT2D eigenvalue weighted by Crippen LogP contribution is -2.49. The summed E-state index contributed by atoms with van der Waals surface area (Å²) in [5.41, 5.74) is 1.17. The predicted molar refractivity (Wildman–Crippen MR) is 83.1 cm³/mol. The highest BCUT2D eigenvalue weighted by Gasteiger charge is 2.40. The fourth-order valence-electron chi connectivity index (χ4n) is 2.70. The van der Waals surface area contributed by atoms with Crippen LogP contribution in [-0.4, -0.2) is 45.5 Å². The highest BCUT2D eigenvalue weighted by Crippen LogP contribution is 2.26. The molecule has 1 aromatic carbocycles. The summed E-state index contributed by atoms with van der Waals surface area (Å²) < 4.78 is 8.59.